The molecule has 1 saturated carbocycles. The van der Waals surface area contributed by atoms with E-state index in [1.54, 1.807) is 7.11 Å². The molecule has 2 aliphatic rings. The molecule has 1 unspecified atom stereocenters. The molecule has 1 heterocycles. The molecule has 1 aromatic rings. The highest BCUT2D eigenvalue weighted by Crippen LogP contribution is 2.53. The molecular formula is C15H20N2O2. The second kappa shape index (κ2) is 3.97. The lowest BCUT2D eigenvalue weighted by molar-refractivity contribution is -0.130. The summed E-state index contributed by atoms with van der Waals surface area (Å²) in [6.07, 6.45) is 2.51. The number of nitrogens with zero attached hydrogens (tertiary/aromatic N) is 1. The molecule has 1 aromatic carbocycles. The maximum absolute atomic E-state index is 12.2. The third-order valence-corrected chi connectivity index (χ3v) is 4.24. The Morgan fingerprint density at radius 3 is 2.32 bits per heavy atom. The summed E-state index contributed by atoms with van der Waals surface area (Å²) in [4.78, 5) is 14.2. The number of likely N-dealkylation sites (tertiary alicyclic amines) is 1. The Morgan fingerprint density at radius 2 is 1.89 bits per heavy atom. The fourth-order valence-corrected chi connectivity index (χ4v) is 3.07. The van der Waals surface area contributed by atoms with Crippen LogP contribution in [-0.2, 0) is 10.3 Å². The highest BCUT2D eigenvalue weighted by atomic mass is 16.5. The van der Waals surface area contributed by atoms with Crippen molar-refractivity contribution in [3.05, 3.63) is 29.8 Å². The van der Waals surface area contributed by atoms with E-state index < -0.39 is 0 Å². The van der Waals surface area contributed by atoms with Crippen LogP contribution in [0.15, 0.2) is 24.3 Å². The zero-order chi connectivity index (χ0) is 13.7. The van der Waals surface area contributed by atoms with Gasteiger partial charge in [0.25, 0.3) is 0 Å². The van der Waals surface area contributed by atoms with Crippen LogP contribution in [0.1, 0.15) is 31.7 Å². The van der Waals surface area contributed by atoms with Crippen LogP contribution in [0.5, 0.6) is 5.75 Å². The summed E-state index contributed by atoms with van der Waals surface area (Å²) in [6.45, 7) is 2.60. The van der Waals surface area contributed by atoms with Crippen molar-refractivity contribution < 1.29 is 9.53 Å². The largest absolute Gasteiger partial charge is 0.497 e. The molecule has 4 nitrogen and oxygen atoms in total. The maximum atomic E-state index is 12.2. The van der Waals surface area contributed by atoms with Crippen LogP contribution in [-0.4, -0.2) is 30.0 Å². The molecule has 1 aliphatic heterocycles. The van der Waals surface area contributed by atoms with Crippen LogP contribution in [0.25, 0.3) is 0 Å². The predicted molar refractivity (Wildman–Crippen MR) is 72.8 cm³/mol. The van der Waals surface area contributed by atoms with Gasteiger partial charge in [0.15, 0.2) is 0 Å². The van der Waals surface area contributed by atoms with E-state index in [4.69, 9.17) is 10.5 Å². The number of hydrogen-bond acceptors (Lipinski definition) is 3. The zero-order valence-corrected chi connectivity index (χ0v) is 11.5. The van der Waals surface area contributed by atoms with Gasteiger partial charge < -0.3 is 15.4 Å². The smallest absolute Gasteiger partial charge is 0.225 e. The number of hydrogen-bond donors (Lipinski definition) is 1. The topological polar surface area (TPSA) is 55.6 Å². The molecule has 1 amide bonds. The van der Waals surface area contributed by atoms with Crippen LogP contribution in [0, 0.1) is 0 Å². The van der Waals surface area contributed by atoms with Gasteiger partial charge in [-0.3, -0.25) is 4.79 Å². The third-order valence-electron chi connectivity index (χ3n) is 4.24. The highest BCUT2D eigenvalue weighted by molar-refractivity contribution is 5.82. The van der Waals surface area contributed by atoms with Crippen LogP contribution >= 0.6 is 0 Å². The summed E-state index contributed by atoms with van der Waals surface area (Å²) in [5.41, 5.74) is 6.82. The Balaban J connectivity index is 1.89. The average molecular weight is 260 g/mol. The Morgan fingerprint density at radius 1 is 1.26 bits per heavy atom. The van der Waals surface area contributed by atoms with Gasteiger partial charge in [-0.15, -0.1) is 0 Å². The number of amides is 1. The number of benzene rings is 1. The van der Waals surface area contributed by atoms with Gasteiger partial charge in [-0.1, -0.05) is 12.1 Å². The van der Waals surface area contributed by atoms with Gasteiger partial charge in [0, 0.05) is 18.5 Å². The number of ether oxygens (including phenoxy) is 1. The monoisotopic (exact) mass is 260 g/mol. The third kappa shape index (κ3) is 2.00. The molecule has 19 heavy (non-hydrogen) atoms. The van der Waals surface area contributed by atoms with Crippen LogP contribution in [0.4, 0.5) is 0 Å². The van der Waals surface area contributed by atoms with Gasteiger partial charge in [-0.05, 0) is 37.5 Å². The molecule has 102 valence electrons. The Labute approximate surface area is 113 Å². The SMILES string of the molecule is COc1ccc(C2(N3CC(C)(N)CC3=O)CC2)cc1. The van der Waals surface area contributed by atoms with Gasteiger partial charge in [0.05, 0.1) is 12.6 Å². The lowest BCUT2D eigenvalue weighted by atomic mass is 10.0. The molecule has 0 radical (unpaired) electrons. The molecule has 3 rings (SSSR count). The second-order valence-electron chi connectivity index (χ2n) is 6.07. The zero-order valence-electron chi connectivity index (χ0n) is 11.5. The number of rotatable bonds is 3. The first-order chi connectivity index (χ1) is 8.97. The van der Waals surface area contributed by atoms with Crippen molar-refractivity contribution in [2.45, 2.75) is 37.3 Å². The Hall–Kier alpha value is -1.55. The van der Waals surface area contributed by atoms with Crippen molar-refractivity contribution in [2.75, 3.05) is 13.7 Å². The van der Waals surface area contributed by atoms with Crippen molar-refractivity contribution in [3.8, 4) is 5.75 Å². The van der Waals surface area contributed by atoms with Crippen molar-refractivity contribution in [1.29, 1.82) is 0 Å². The highest BCUT2D eigenvalue weighted by Gasteiger charge is 2.55. The summed E-state index contributed by atoms with van der Waals surface area (Å²) >= 11 is 0. The molecule has 2 N–H and O–H groups in total. The lowest BCUT2D eigenvalue weighted by Gasteiger charge is -2.30. The quantitative estimate of drug-likeness (QED) is 0.898. The van der Waals surface area contributed by atoms with E-state index in [9.17, 15) is 4.79 Å². The molecular weight excluding hydrogens is 240 g/mol. The summed E-state index contributed by atoms with van der Waals surface area (Å²) in [5, 5.41) is 0. The average Bonchev–Trinajstić information content (AvgIpc) is 3.12. The fraction of sp³-hybridized carbons (Fsp3) is 0.533. The van der Waals surface area contributed by atoms with Crippen molar-refractivity contribution in [2.24, 2.45) is 5.73 Å². The Kier molecular flexibility index (Phi) is 2.61. The first-order valence-electron chi connectivity index (χ1n) is 6.71. The molecule has 2 fully saturated rings. The summed E-state index contributed by atoms with van der Waals surface area (Å²) in [6, 6.07) is 8.03. The second-order valence-corrected chi connectivity index (χ2v) is 6.07. The first-order valence-corrected chi connectivity index (χ1v) is 6.71. The summed E-state index contributed by atoms with van der Waals surface area (Å²) in [5.74, 6) is 1.02. The number of methoxy groups -OCH3 is 1. The molecule has 4 heteroatoms. The fourth-order valence-electron chi connectivity index (χ4n) is 3.07. The summed E-state index contributed by atoms with van der Waals surface area (Å²) < 4.78 is 5.18. The molecule has 1 saturated heterocycles. The van der Waals surface area contributed by atoms with E-state index in [0.717, 1.165) is 18.6 Å². The molecule has 0 spiro atoms. The minimum atomic E-state index is -0.390. The van der Waals surface area contributed by atoms with Gasteiger partial charge in [0.2, 0.25) is 5.91 Å². The number of carbonyl (C=O) groups excluding carboxylic acids is 1. The van der Waals surface area contributed by atoms with E-state index in [-0.39, 0.29) is 17.0 Å². The van der Waals surface area contributed by atoms with E-state index >= 15 is 0 Å². The van der Waals surface area contributed by atoms with Crippen molar-refractivity contribution in [1.82, 2.24) is 4.90 Å². The van der Waals surface area contributed by atoms with Gasteiger partial charge in [-0.2, -0.15) is 0 Å². The maximum Gasteiger partial charge on any atom is 0.225 e. The van der Waals surface area contributed by atoms with E-state index in [2.05, 4.69) is 12.1 Å². The first kappa shape index (κ1) is 12.5. The van der Waals surface area contributed by atoms with Crippen molar-refractivity contribution in [3.63, 3.8) is 0 Å². The standard InChI is InChI=1S/C15H20N2O2/c1-14(16)9-13(18)17(10-14)15(7-8-15)11-3-5-12(19-2)6-4-11/h3-6H,7-10,16H2,1-2H3. The molecule has 0 aromatic heterocycles. The van der Waals surface area contributed by atoms with Gasteiger partial charge >= 0.3 is 0 Å². The van der Waals surface area contributed by atoms with Crippen LogP contribution in [0.2, 0.25) is 0 Å². The minimum Gasteiger partial charge on any atom is -0.497 e. The van der Waals surface area contributed by atoms with Crippen molar-refractivity contribution >= 4 is 5.91 Å². The minimum absolute atomic E-state index is 0.111. The van der Waals surface area contributed by atoms with Gasteiger partial charge in [-0.25, -0.2) is 0 Å². The van der Waals surface area contributed by atoms with Crippen LogP contribution < -0.4 is 10.5 Å². The number of nitrogens with two attached hydrogens (primary N) is 1. The van der Waals surface area contributed by atoms with E-state index in [1.165, 1.54) is 5.56 Å². The number of carbonyl (C=O) groups is 1. The molecule has 0 bridgehead atoms. The van der Waals surface area contributed by atoms with E-state index in [1.807, 2.05) is 24.0 Å². The van der Waals surface area contributed by atoms with Crippen LogP contribution in [0.3, 0.4) is 0 Å². The summed E-state index contributed by atoms with van der Waals surface area (Å²) in [7, 11) is 1.66. The normalized spacial score (nSPS) is 28.6. The van der Waals surface area contributed by atoms with Gasteiger partial charge in [0.1, 0.15) is 5.75 Å². The predicted octanol–water partition coefficient (Wildman–Crippen LogP) is 1.63. The van der Waals surface area contributed by atoms with E-state index in [0.29, 0.717) is 13.0 Å². The lowest BCUT2D eigenvalue weighted by Crippen LogP contribution is -2.42. The Bertz CT molecular complexity index is 503. The molecule has 1 aliphatic carbocycles. The molecule has 1 atom stereocenters.